The van der Waals surface area contributed by atoms with Crippen LogP contribution in [-0.4, -0.2) is 28.2 Å². The maximum absolute atomic E-state index is 5.55. The molecule has 0 bridgehead atoms. The Kier molecular flexibility index (Phi) is 6.06. The van der Waals surface area contributed by atoms with Gasteiger partial charge in [-0.05, 0) is 12.8 Å². The molecule has 6 heteroatoms. The van der Waals surface area contributed by atoms with Crippen LogP contribution < -0.4 is 15.2 Å². The zero-order chi connectivity index (χ0) is 12.5. The van der Waals surface area contributed by atoms with Gasteiger partial charge < -0.3 is 15.2 Å². The van der Waals surface area contributed by atoms with Crippen LogP contribution in [0.1, 0.15) is 39.5 Å². The molecule has 0 amide bonds. The average molecular weight is 240 g/mol. The number of unbranched alkanes of at least 4 members (excludes halogenated alkanes) is 2. The molecule has 1 rings (SSSR count). The molecule has 1 aromatic heterocycles. The summed E-state index contributed by atoms with van der Waals surface area (Å²) >= 11 is 0. The molecule has 2 N–H and O–H groups in total. The van der Waals surface area contributed by atoms with Gasteiger partial charge in [-0.1, -0.05) is 26.7 Å². The zero-order valence-corrected chi connectivity index (χ0v) is 10.5. The summed E-state index contributed by atoms with van der Waals surface area (Å²) in [5, 5.41) is 0. The van der Waals surface area contributed by atoms with Crippen molar-refractivity contribution in [1.29, 1.82) is 0 Å². The van der Waals surface area contributed by atoms with Gasteiger partial charge in [-0.2, -0.15) is 9.97 Å². The van der Waals surface area contributed by atoms with E-state index in [2.05, 4.69) is 28.8 Å². The van der Waals surface area contributed by atoms with E-state index in [0.717, 1.165) is 25.7 Å². The lowest BCUT2D eigenvalue weighted by molar-refractivity contribution is 0.256. The average Bonchev–Trinajstić information content (AvgIpc) is 2.29. The minimum atomic E-state index is 0.123. The highest BCUT2D eigenvalue weighted by Crippen LogP contribution is 2.11. The number of nitrogen functional groups attached to an aromatic ring is 1. The first-order valence-corrected chi connectivity index (χ1v) is 6.03. The second-order valence-corrected chi connectivity index (χ2v) is 3.66. The van der Waals surface area contributed by atoms with Gasteiger partial charge in [0.1, 0.15) is 0 Å². The molecule has 17 heavy (non-hydrogen) atoms. The van der Waals surface area contributed by atoms with Crippen molar-refractivity contribution in [2.45, 2.75) is 39.5 Å². The van der Waals surface area contributed by atoms with Crippen LogP contribution in [0.5, 0.6) is 12.0 Å². The first kappa shape index (κ1) is 13.5. The molecule has 0 spiro atoms. The Balaban J connectivity index is 2.53. The van der Waals surface area contributed by atoms with Crippen LogP contribution in [0.4, 0.5) is 5.95 Å². The Morgan fingerprint density at radius 3 is 1.76 bits per heavy atom. The van der Waals surface area contributed by atoms with Crippen LogP contribution in [0, 0.1) is 0 Å². The fraction of sp³-hybridized carbons (Fsp3) is 0.727. The predicted octanol–water partition coefficient (Wildman–Crippen LogP) is 1.81. The number of aromatic nitrogens is 3. The molecule has 0 fully saturated rings. The number of anilines is 1. The Labute approximate surface area is 102 Å². The van der Waals surface area contributed by atoms with Crippen LogP contribution in [0.15, 0.2) is 0 Å². The monoisotopic (exact) mass is 240 g/mol. The molecule has 96 valence electrons. The molecule has 0 aliphatic rings. The molecule has 0 aliphatic heterocycles. The molecule has 0 saturated heterocycles. The highest BCUT2D eigenvalue weighted by molar-refractivity contribution is 5.20. The van der Waals surface area contributed by atoms with Crippen LogP contribution in [0.3, 0.4) is 0 Å². The van der Waals surface area contributed by atoms with Gasteiger partial charge in [-0.3, -0.25) is 0 Å². The number of rotatable bonds is 8. The third-order valence-corrected chi connectivity index (χ3v) is 2.07. The van der Waals surface area contributed by atoms with Gasteiger partial charge in [0, 0.05) is 0 Å². The van der Waals surface area contributed by atoms with Gasteiger partial charge in [-0.25, -0.2) is 0 Å². The van der Waals surface area contributed by atoms with E-state index in [1.54, 1.807) is 0 Å². The van der Waals surface area contributed by atoms with Gasteiger partial charge >= 0.3 is 12.0 Å². The molecule has 0 aromatic carbocycles. The second-order valence-electron chi connectivity index (χ2n) is 3.66. The minimum Gasteiger partial charge on any atom is -0.463 e. The molecular weight excluding hydrogens is 220 g/mol. The highest BCUT2D eigenvalue weighted by atomic mass is 16.5. The van der Waals surface area contributed by atoms with Crippen LogP contribution in [0.2, 0.25) is 0 Å². The quantitative estimate of drug-likeness (QED) is 0.698. The summed E-state index contributed by atoms with van der Waals surface area (Å²) in [6, 6.07) is 0.467. The molecule has 0 radical (unpaired) electrons. The van der Waals surface area contributed by atoms with E-state index in [4.69, 9.17) is 15.2 Å². The number of hydrogen-bond acceptors (Lipinski definition) is 6. The highest BCUT2D eigenvalue weighted by Gasteiger charge is 2.06. The summed E-state index contributed by atoms with van der Waals surface area (Å²) in [6.07, 6.45) is 4.02. The molecule has 0 atom stereocenters. The smallest absolute Gasteiger partial charge is 0.324 e. The van der Waals surface area contributed by atoms with Crippen LogP contribution in [0.25, 0.3) is 0 Å². The fourth-order valence-electron chi connectivity index (χ4n) is 1.10. The van der Waals surface area contributed by atoms with E-state index in [-0.39, 0.29) is 18.0 Å². The number of nitrogens with two attached hydrogens (primary N) is 1. The summed E-state index contributed by atoms with van der Waals surface area (Å²) in [6.45, 7) is 5.33. The van der Waals surface area contributed by atoms with Crippen molar-refractivity contribution in [1.82, 2.24) is 15.0 Å². The van der Waals surface area contributed by atoms with Crippen molar-refractivity contribution in [3.05, 3.63) is 0 Å². The normalized spacial score (nSPS) is 10.2. The van der Waals surface area contributed by atoms with E-state index < -0.39 is 0 Å². The summed E-state index contributed by atoms with van der Waals surface area (Å²) in [5.74, 6) is 0.123. The van der Waals surface area contributed by atoms with Gasteiger partial charge in [0.05, 0.1) is 13.2 Å². The van der Waals surface area contributed by atoms with Crippen molar-refractivity contribution in [3.8, 4) is 12.0 Å². The summed E-state index contributed by atoms with van der Waals surface area (Å²) in [7, 11) is 0. The zero-order valence-electron chi connectivity index (χ0n) is 10.5. The van der Waals surface area contributed by atoms with Crippen LogP contribution in [-0.2, 0) is 0 Å². The molecule has 0 aliphatic carbocycles. The van der Waals surface area contributed by atoms with Crippen molar-refractivity contribution < 1.29 is 9.47 Å². The van der Waals surface area contributed by atoms with E-state index >= 15 is 0 Å². The third kappa shape index (κ3) is 5.33. The third-order valence-electron chi connectivity index (χ3n) is 2.07. The first-order chi connectivity index (χ1) is 8.26. The topological polar surface area (TPSA) is 83.2 Å². The van der Waals surface area contributed by atoms with Crippen molar-refractivity contribution >= 4 is 5.95 Å². The maximum atomic E-state index is 5.55. The number of hydrogen-bond donors (Lipinski definition) is 1. The van der Waals surface area contributed by atoms with Crippen molar-refractivity contribution in [2.75, 3.05) is 18.9 Å². The minimum absolute atomic E-state index is 0.123. The number of nitrogens with zero attached hydrogens (tertiary/aromatic N) is 3. The Morgan fingerprint density at radius 2 is 1.35 bits per heavy atom. The van der Waals surface area contributed by atoms with Gasteiger partial charge in [0.15, 0.2) is 0 Å². The maximum Gasteiger partial charge on any atom is 0.324 e. The number of ether oxygens (including phenoxy) is 2. The van der Waals surface area contributed by atoms with Gasteiger partial charge in [-0.15, -0.1) is 4.98 Å². The predicted molar refractivity (Wildman–Crippen MR) is 65.0 cm³/mol. The van der Waals surface area contributed by atoms with E-state index in [9.17, 15) is 0 Å². The molecule has 0 saturated carbocycles. The molecular formula is C11H20N4O2. The second kappa shape index (κ2) is 7.65. The van der Waals surface area contributed by atoms with Gasteiger partial charge in [0.25, 0.3) is 0 Å². The SMILES string of the molecule is CCCCOc1nc(N)nc(OCCCC)n1. The summed E-state index contributed by atoms with van der Waals surface area (Å²) < 4.78 is 10.7. The Hall–Kier alpha value is -1.59. The Bertz CT molecular complexity index is 305. The van der Waals surface area contributed by atoms with E-state index in [1.807, 2.05) is 0 Å². The first-order valence-electron chi connectivity index (χ1n) is 6.03. The Morgan fingerprint density at radius 1 is 0.882 bits per heavy atom. The lowest BCUT2D eigenvalue weighted by Crippen LogP contribution is -2.08. The van der Waals surface area contributed by atoms with Crippen LogP contribution >= 0.6 is 0 Å². The largest absolute Gasteiger partial charge is 0.463 e. The fourth-order valence-corrected chi connectivity index (χ4v) is 1.10. The van der Waals surface area contributed by atoms with Gasteiger partial charge in [0.2, 0.25) is 5.95 Å². The summed E-state index contributed by atoms with van der Waals surface area (Å²) in [5.41, 5.74) is 5.55. The van der Waals surface area contributed by atoms with E-state index in [1.165, 1.54) is 0 Å². The molecule has 1 heterocycles. The van der Waals surface area contributed by atoms with Crippen molar-refractivity contribution in [3.63, 3.8) is 0 Å². The standard InChI is InChI=1S/C11H20N4O2/c1-3-5-7-16-10-13-9(12)14-11(15-10)17-8-6-4-2/h3-8H2,1-2H3,(H2,12,13,14,15). The van der Waals surface area contributed by atoms with Crippen molar-refractivity contribution in [2.24, 2.45) is 0 Å². The van der Waals surface area contributed by atoms with E-state index in [0.29, 0.717) is 13.2 Å². The lowest BCUT2D eigenvalue weighted by atomic mass is 10.4. The molecule has 0 unspecified atom stereocenters. The lowest BCUT2D eigenvalue weighted by Gasteiger charge is -2.06. The molecule has 1 aromatic rings. The summed E-state index contributed by atoms with van der Waals surface area (Å²) in [4.78, 5) is 11.8. The molecule has 6 nitrogen and oxygen atoms in total.